The molecule has 3 rings (SSSR count). The molecule has 0 amide bonds. The second-order valence-corrected chi connectivity index (χ2v) is 6.10. The maximum atomic E-state index is 5.36. The zero-order valence-electron chi connectivity index (χ0n) is 15.8. The standard InChI is InChI=1S/C19H21N3O5S/c1-23-15-8-17(25-3)16(24-2)7-13(15)10-21-22-19(28)20-9-12-4-5-14-18(6-12)27-11-26-14/h4-8,10H,9,11H2,1-3H3,(H2,20,22,28)/b21-10-. The molecule has 0 saturated carbocycles. The number of benzene rings is 2. The van der Waals surface area contributed by atoms with Crippen molar-refractivity contribution >= 4 is 23.5 Å². The van der Waals surface area contributed by atoms with Gasteiger partial charge in [0.05, 0.1) is 27.5 Å². The molecule has 1 aliphatic rings. The van der Waals surface area contributed by atoms with Crippen LogP contribution in [0, 0.1) is 0 Å². The van der Waals surface area contributed by atoms with Gasteiger partial charge in [0.25, 0.3) is 0 Å². The second kappa shape index (κ2) is 9.14. The summed E-state index contributed by atoms with van der Waals surface area (Å²) in [5.74, 6) is 3.23. The second-order valence-electron chi connectivity index (χ2n) is 5.69. The van der Waals surface area contributed by atoms with E-state index in [1.165, 1.54) is 0 Å². The highest BCUT2D eigenvalue weighted by Gasteiger charge is 2.13. The first-order chi connectivity index (χ1) is 13.6. The third-order valence-electron chi connectivity index (χ3n) is 4.00. The third-order valence-corrected chi connectivity index (χ3v) is 4.23. The first kappa shape index (κ1) is 19.6. The van der Waals surface area contributed by atoms with Gasteiger partial charge in [-0.3, -0.25) is 5.43 Å². The first-order valence-electron chi connectivity index (χ1n) is 8.40. The third kappa shape index (κ3) is 4.55. The molecule has 148 valence electrons. The van der Waals surface area contributed by atoms with Crippen molar-refractivity contribution in [1.82, 2.24) is 10.7 Å². The highest BCUT2D eigenvalue weighted by molar-refractivity contribution is 7.80. The molecular formula is C19H21N3O5S. The number of methoxy groups -OCH3 is 3. The van der Waals surface area contributed by atoms with Crippen LogP contribution in [0.2, 0.25) is 0 Å². The Labute approximate surface area is 168 Å². The maximum absolute atomic E-state index is 5.36. The molecule has 0 fully saturated rings. The van der Waals surface area contributed by atoms with Crippen LogP contribution in [-0.2, 0) is 6.54 Å². The summed E-state index contributed by atoms with van der Waals surface area (Å²) in [7, 11) is 4.71. The van der Waals surface area contributed by atoms with Gasteiger partial charge in [-0.2, -0.15) is 5.10 Å². The van der Waals surface area contributed by atoms with E-state index in [0.29, 0.717) is 34.5 Å². The molecule has 0 radical (unpaired) electrons. The highest BCUT2D eigenvalue weighted by atomic mass is 32.1. The van der Waals surface area contributed by atoms with Crippen LogP contribution in [0.15, 0.2) is 35.4 Å². The van der Waals surface area contributed by atoms with Crippen molar-refractivity contribution < 1.29 is 23.7 Å². The number of fused-ring (bicyclic) bond motifs is 1. The van der Waals surface area contributed by atoms with Crippen molar-refractivity contribution in [2.75, 3.05) is 28.1 Å². The molecule has 0 saturated heterocycles. The van der Waals surface area contributed by atoms with Crippen LogP contribution < -0.4 is 34.4 Å². The fourth-order valence-electron chi connectivity index (χ4n) is 2.59. The van der Waals surface area contributed by atoms with Crippen molar-refractivity contribution in [1.29, 1.82) is 0 Å². The van der Waals surface area contributed by atoms with Gasteiger partial charge in [0.15, 0.2) is 28.1 Å². The molecule has 0 atom stereocenters. The monoisotopic (exact) mass is 403 g/mol. The summed E-state index contributed by atoms with van der Waals surface area (Å²) < 4.78 is 26.6. The van der Waals surface area contributed by atoms with Gasteiger partial charge in [-0.15, -0.1) is 0 Å². The van der Waals surface area contributed by atoms with Gasteiger partial charge in [-0.1, -0.05) is 6.07 Å². The topological polar surface area (TPSA) is 82.6 Å². The van der Waals surface area contributed by atoms with E-state index in [0.717, 1.165) is 17.1 Å². The van der Waals surface area contributed by atoms with E-state index >= 15 is 0 Å². The Morgan fingerprint density at radius 3 is 2.50 bits per heavy atom. The minimum atomic E-state index is 0.251. The van der Waals surface area contributed by atoms with Gasteiger partial charge in [0.1, 0.15) is 5.75 Å². The minimum Gasteiger partial charge on any atom is -0.496 e. The Morgan fingerprint density at radius 2 is 1.75 bits per heavy atom. The molecule has 9 heteroatoms. The van der Waals surface area contributed by atoms with Crippen LogP contribution in [-0.4, -0.2) is 39.4 Å². The smallest absolute Gasteiger partial charge is 0.231 e. The molecule has 28 heavy (non-hydrogen) atoms. The molecule has 2 aromatic rings. The summed E-state index contributed by atoms with van der Waals surface area (Å²) in [4.78, 5) is 0. The molecule has 1 heterocycles. The summed E-state index contributed by atoms with van der Waals surface area (Å²) >= 11 is 5.25. The quantitative estimate of drug-likeness (QED) is 0.414. The summed E-state index contributed by atoms with van der Waals surface area (Å²) in [6, 6.07) is 9.23. The minimum absolute atomic E-state index is 0.251. The predicted octanol–water partition coefficient (Wildman–Crippen LogP) is 2.44. The Hall–Kier alpha value is -3.20. The molecule has 2 aromatic carbocycles. The summed E-state index contributed by atoms with van der Waals surface area (Å²) in [5, 5.41) is 7.61. The van der Waals surface area contributed by atoms with Crippen LogP contribution in [0.25, 0.3) is 0 Å². The lowest BCUT2D eigenvalue weighted by atomic mass is 10.2. The molecule has 0 unspecified atom stereocenters. The average Bonchev–Trinajstić information content (AvgIpc) is 3.19. The van der Waals surface area contributed by atoms with Crippen LogP contribution in [0.1, 0.15) is 11.1 Å². The van der Waals surface area contributed by atoms with Crippen molar-refractivity contribution in [3.8, 4) is 28.7 Å². The lowest BCUT2D eigenvalue weighted by Gasteiger charge is -2.12. The van der Waals surface area contributed by atoms with Gasteiger partial charge in [-0.25, -0.2) is 0 Å². The van der Waals surface area contributed by atoms with Crippen molar-refractivity contribution in [2.24, 2.45) is 5.10 Å². The Bertz CT molecular complexity index is 888. The Kier molecular flexibility index (Phi) is 6.38. The molecule has 2 N–H and O–H groups in total. The number of hydrazone groups is 1. The van der Waals surface area contributed by atoms with Gasteiger partial charge in [0, 0.05) is 18.2 Å². The number of ether oxygens (including phenoxy) is 5. The molecule has 1 aliphatic heterocycles. The molecule has 0 spiro atoms. The zero-order chi connectivity index (χ0) is 19.9. The summed E-state index contributed by atoms with van der Waals surface area (Å²) in [5.41, 5.74) is 4.50. The molecule has 0 bridgehead atoms. The number of nitrogens with one attached hydrogen (secondary N) is 2. The first-order valence-corrected chi connectivity index (χ1v) is 8.81. The lowest BCUT2D eigenvalue weighted by Crippen LogP contribution is -2.31. The molecule has 8 nitrogen and oxygen atoms in total. The van der Waals surface area contributed by atoms with Crippen molar-refractivity contribution in [3.63, 3.8) is 0 Å². The number of hydrogen-bond acceptors (Lipinski definition) is 7. The van der Waals surface area contributed by atoms with Crippen LogP contribution in [0.5, 0.6) is 28.7 Å². The normalized spacial score (nSPS) is 12.0. The number of nitrogens with zero attached hydrogens (tertiary/aromatic N) is 1. The summed E-state index contributed by atoms with van der Waals surface area (Å²) in [6.07, 6.45) is 1.59. The Morgan fingerprint density at radius 1 is 1.04 bits per heavy atom. The number of rotatable bonds is 7. The largest absolute Gasteiger partial charge is 0.496 e. The number of hydrogen-bond donors (Lipinski definition) is 2. The highest BCUT2D eigenvalue weighted by Crippen LogP contribution is 2.34. The van der Waals surface area contributed by atoms with Gasteiger partial charge >= 0.3 is 0 Å². The van der Waals surface area contributed by atoms with Crippen LogP contribution >= 0.6 is 12.2 Å². The lowest BCUT2D eigenvalue weighted by molar-refractivity contribution is 0.174. The number of thiocarbonyl (C=S) groups is 1. The SMILES string of the molecule is COc1cc(OC)c(OC)cc1/C=N\NC(=S)NCc1ccc2c(c1)OCO2. The van der Waals surface area contributed by atoms with Crippen molar-refractivity contribution in [3.05, 3.63) is 41.5 Å². The Balaban J connectivity index is 1.57. The van der Waals surface area contributed by atoms with Crippen LogP contribution in [0.4, 0.5) is 0 Å². The fourth-order valence-corrected chi connectivity index (χ4v) is 2.71. The van der Waals surface area contributed by atoms with Gasteiger partial charge < -0.3 is 29.0 Å². The fraction of sp³-hybridized carbons (Fsp3) is 0.263. The average molecular weight is 403 g/mol. The molecule has 0 aliphatic carbocycles. The summed E-state index contributed by atoms with van der Waals surface area (Å²) in [6.45, 7) is 0.776. The van der Waals surface area contributed by atoms with E-state index in [4.69, 9.17) is 35.9 Å². The van der Waals surface area contributed by atoms with Gasteiger partial charge in [-0.05, 0) is 36.0 Å². The van der Waals surface area contributed by atoms with E-state index < -0.39 is 0 Å². The van der Waals surface area contributed by atoms with E-state index in [-0.39, 0.29) is 6.79 Å². The van der Waals surface area contributed by atoms with E-state index in [1.807, 2.05) is 18.2 Å². The maximum Gasteiger partial charge on any atom is 0.231 e. The molecule has 0 aromatic heterocycles. The van der Waals surface area contributed by atoms with Crippen LogP contribution in [0.3, 0.4) is 0 Å². The predicted molar refractivity (Wildman–Crippen MR) is 109 cm³/mol. The molecular weight excluding hydrogens is 382 g/mol. The zero-order valence-corrected chi connectivity index (χ0v) is 16.6. The van der Waals surface area contributed by atoms with E-state index in [2.05, 4.69) is 15.8 Å². The van der Waals surface area contributed by atoms with E-state index in [9.17, 15) is 0 Å². The van der Waals surface area contributed by atoms with Gasteiger partial charge in [0.2, 0.25) is 6.79 Å². The van der Waals surface area contributed by atoms with E-state index in [1.54, 1.807) is 39.7 Å². The van der Waals surface area contributed by atoms with Crippen molar-refractivity contribution in [2.45, 2.75) is 6.54 Å².